The molecule has 0 aromatic heterocycles. The Balaban J connectivity index is 2.37. The van der Waals surface area contributed by atoms with Gasteiger partial charge in [-0.1, -0.05) is 56.7 Å². The minimum atomic E-state index is -0.709. The second-order valence-corrected chi connectivity index (χ2v) is 6.76. The molecule has 3 rings (SSSR count). The second-order valence-electron chi connectivity index (χ2n) is 6.76. The van der Waals surface area contributed by atoms with E-state index in [0.29, 0.717) is 29.5 Å². The Bertz CT molecular complexity index is 1020. The molecule has 0 saturated heterocycles. The first-order chi connectivity index (χ1) is 13.5. The molecule has 0 fully saturated rings. The third-order valence-corrected chi connectivity index (χ3v) is 4.99. The van der Waals surface area contributed by atoms with Gasteiger partial charge in [-0.2, -0.15) is 0 Å². The molecule has 0 unspecified atom stereocenters. The lowest BCUT2D eigenvalue weighted by Crippen LogP contribution is -2.12. The first kappa shape index (κ1) is 19.9. The summed E-state index contributed by atoms with van der Waals surface area (Å²) in [5.41, 5.74) is 1.52. The first-order valence-corrected chi connectivity index (χ1v) is 9.75. The Morgan fingerprint density at radius 2 is 1.75 bits per heavy atom. The number of hydrogen-bond acceptors (Lipinski definition) is 3. The SMILES string of the molecule is CCCc1c(F)c(-c2ccc3ccccc3c2)c(C(=O)OCC)c(O)c1CC. The van der Waals surface area contributed by atoms with Crippen LogP contribution in [0.4, 0.5) is 4.39 Å². The fourth-order valence-corrected chi connectivity index (χ4v) is 3.71. The molecule has 0 aliphatic rings. The monoisotopic (exact) mass is 380 g/mol. The summed E-state index contributed by atoms with van der Waals surface area (Å²) in [6.07, 6.45) is 1.66. The van der Waals surface area contributed by atoms with E-state index in [2.05, 4.69) is 0 Å². The van der Waals surface area contributed by atoms with Crippen LogP contribution >= 0.6 is 0 Å². The van der Waals surface area contributed by atoms with Crippen molar-refractivity contribution in [2.75, 3.05) is 6.61 Å². The molecule has 3 aromatic rings. The second kappa shape index (κ2) is 8.42. The lowest BCUT2D eigenvalue weighted by molar-refractivity contribution is 0.0523. The van der Waals surface area contributed by atoms with Gasteiger partial charge in [0.2, 0.25) is 0 Å². The molecule has 0 aliphatic carbocycles. The summed E-state index contributed by atoms with van der Waals surface area (Å²) in [6, 6.07) is 13.3. The molecule has 0 aliphatic heterocycles. The number of phenolic OH excluding ortho intramolecular Hbond substituents is 1. The van der Waals surface area contributed by atoms with Crippen molar-refractivity contribution in [3.8, 4) is 16.9 Å². The highest BCUT2D eigenvalue weighted by Crippen LogP contribution is 2.40. The van der Waals surface area contributed by atoms with Gasteiger partial charge in [-0.25, -0.2) is 9.18 Å². The molecular formula is C24H25FO3. The molecular weight excluding hydrogens is 355 g/mol. The summed E-state index contributed by atoms with van der Waals surface area (Å²) in [6.45, 7) is 5.64. The maximum atomic E-state index is 15.7. The maximum Gasteiger partial charge on any atom is 0.342 e. The molecule has 0 radical (unpaired) electrons. The number of rotatable bonds is 6. The number of carbonyl (C=O) groups excluding carboxylic acids is 1. The van der Waals surface area contributed by atoms with Gasteiger partial charge >= 0.3 is 5.97 Å². The molecule has 0 atom stereocenters. The number of benzene rings is 3. The Kier molecular flexibility index (Phi) is 5.98. The van der Waals surface area contributed by atoms with E-state index >= 15 is 4.39 Å². The van der Waals surface area contributed by atoms with Gasteiger partial charge in [-0.15, -0.1) is 0 Å². The summed E-state index contributed by atoms with van der Waals surface area (Å²) in [7, 11) is 0. The van der Waals surface area contributed by atoms with Crippen LogP contribution < -0.4 is 0 Å². The molecule has 0 saturated carbocycles. The molecule has 28 heavy (non-hydrogen) atoms. The van der Waals surface area contributed by atoms with E-state index in [1.165, 1.54) is 0 Å². The predicted octanol–water partition coefficient (Wildman–Crippen LogP) is 6.04. The van der Waals surface area contributed by atoms with Crippen molar-refractivity contribution in [3.63, 3.8) is 0 Å². The lowest BCUT2D eigenvalue weighted by Gasteiger charge is -2.19. The van der Waals surface area contributed by atoms with Crippen LogP contribution in [0.1, 0.15) is 48.7 Å². The Hall–Kier alpha value is -2.88. The number of esters is 1. The average Bonchev–Trinajstić information content (AvgIpc) is 2.70. The largest absolute Gasteiger partial charge is 0.507 e. The van der Waals surface area contributed by atoms with Crippen LogP contribution in [-0.4, -0.2) is 17.7 Å². The van der Waals surface area contributed by atoms with Gasteiger partial charge in [0.15, 0.2) is 0 Å². The first-order valence-electron chi connectivity index (χ1n) is 9.75. The zero-order valence-corrected chi connectivity index (χ0v) is 16.5. The van der Waals surface area contributed by atoms with Crippen molar-refractivity contribution in [1.29, 1.82) is 0 Å². The molecule has 0 spiro atoms. The summed E-state index contributed by atoms with van der Waals surface area (Å²) in [5, 5.41) is 12.9. The minimum Gasteiger partial charge on any atom is -0.507 e. The van der Waals surface area contributed by atoms with Crippen LogP contribution in [0.3, 0.4) is 0 Å². The van der Waals surface area contributed by atoms with Crippen molar-refractivity contribution in [1.82, 2.24) is 0 Å². The van der Waals surface area contributed by atoms with E-state index in [9.17, 15) is 9.90 Å². The molecule has 0 heterocycles. The van der Waals surface area contributed by atoms with E-state index in [-0.39, 0.29) is 23.5 Å². The van der Waals surface area contributed by atoms with Crippen molar-refractivity contribution in [3.05, 3.63) is 65.0 Å². The van der Waals surface area contributed by atoms with Gasteiger partial charge in [0.25, 0.3) is 0 Å². The van der Waals surface area contributed by atoms with Crippen molar-refractivity contribution in [2.24, 2.45) is 0 Å². The van der Waals surface area contributed by atoms with Gasteiger partial charge in [-0.3, -0.25) is 0 Å². The highest BCUT2D eigenvalue weighted by Gasteiger charge is 2.28. The van der Waals surface area contributed by atoms with Gasteiger partial charge in [0.05, 0.1) is 6.61 Å². The third-order valence-electron chi connectivity index (χ3n) is 4.99. The van der Waals surface area contributed by atoms with Crippen LogP contribution in [-0.2, 0) is 17.6 Å². The van der Waals surface area contributed by atoms with E-state index in [1.54, 1.807) is 13.0 Å². The topological polar surface area (TPSA) is 46.5 Å². The normalized spacial score (nSPS) is 11.0. The number of carbonyl (C=O) groups is 1. The summed E-state index contributed by atoms with van der Waals surface area (Å²) < 4.78 is 20.9. The zero-order valence-electron chi connectivity index (χ0n) is 16.5. The van der Waals surface area contributed by atoms with E-state index in [0.717, 1.165) is 17.2 Å². The highest BCUT2D eigenvalue weighted by molar-refractivity contribution is 6.02. The van der Waals surface area contributed by atoms with Crippen molar-refractivity contribution < 1.29 is 19.0 Å². The summed E-state index contributed by atoms with van der Waals surface area (Å²) in [5.74, 6) is -1.33. The average molecular weight is 380 g/mol. The summed E-state index contributed by atoms with van der Waals surface area (Å²) in [4.78, 5) is 12.7. The van der Waals surface area contributed by atoms with Crippen LogP contribution in [0, 0.1) is 5.82 Å². The molecule has 1 N–H and O–H groups in total. The number of hydrogen-bond donors (Lipinski definition) is 1. The zero-order chi connectivity index (χ0) is 20.3. The van der Waals surface area contributed by atoms with Gasteiger partial charge < -0.3 is 9.84 Å². The van der Waals surface area contributed by atoms with Gasteiger partial charge in [0.1, 0.15) is 17.1 Å². The van der Waals surface area contributed by atoms with Gasteiger partial charge in [-0.05, 0) is 47.7 Å². The van der Waals surface area contributed by atoms with Crippen LogP contribution in [0.25, 0.3) is 21.9 Å². The minimum absolute atomic E-state index is 0.0914. The predicted molar refractivity (Wildman–Crippen MR) is 110 cm³/mol. The van der Waals surface area contributed by atoms with Gasteiger partial charge in [0, 0.05) is 11.1 Å². The number of aromatic hydroxyl groups is 1. The number of ether oxygens (including phenoxy) is 1. The summed E-state index contributed by atoms with van der Waals surface area (Å²) >= 11 is 0. The fourth-order valence-electron chi connectivity index (χ4n) is 3.71. The third kappa shape index (κ3) is 3.47. The molecule has 4 heteroatoms. The van der Waals surface area contributed by atoms with Crippen LogP contribution in [0.15, 0.2) is 42.5 Å². The quantitative estimate of drug-likeness (QED) is 0.530. The standard InChI is InChI=1S/C24H25FO3/c1-4-9-19-18(5-2)23(26)21(24(27)28-6-3)20(22(19)25)17-13-12-15-10-7-8-11-16(15)14-17/h7-8,10-14,26H,4-6,9H2,1-3H3. The van der Waals surface area contributed by atoms with Crippen LogP contribution in [0.2, 0.25) is 0 Å². The number of fused-ring (bicyclic) bond motifs is 1. The maximum absolute atomic E-state index is 15.7. The lowest BCUT2D eigenvalue weighted by atomic mass is 9.88. The molecule has 3 nitrogen and oxygen atoms in total. The van der Waals surface area contributed by atoms with E-state index in [4.69, 9.17) is 4.74 Å². The van der Waals surface area contributed by atoms with E-state index in [1.807, 2.05) is 50.2 Å². The molecule has 0 amide bonds. The smallest absolute Gasteiger partial charge is 0.342 e. The van der Waals surface area contributed by atoms with Crippen molar-refractivity contribution >= 4 is 16.7 Å². The number of phenols is 1. The Labute approximate surface area is 164 Å². The highest BCUT2D eigenvalue weighted by atomic mass is 19.1. The van der Waals surface area contributed by atoms with E-state index < -0.39 is 11.8 Å². The Morgan fingerprint density at radius 3 is 2.39 bits per heavy atom. The molecule has 146 valence electrons. The van der Waals surface area contributed by atoms with Crippen LogP contribution in [0.5, 0.6) is 5.75 Å². The van der Waals surface area contributed by atoms with Crippen molar-refractivity contribution in [2.45, 2.75) is 40.0 Å². The number of halogens is 1. The Morgan fingerprint density at radius 1 is 1.04 bits per heavy atom. The molecule has 3 aromatic carbocycles. The molecule has 0 bridgehead atoms. The fraction of sp³-hybridized carbons (Fsp3) is 0.292.